The average Bonchev–Trinajstić information content (AvgIpc) is 2.59. The zero-order valence-corrected chi connectivity index (χ0v) is 15.2. The van der Waals surface area contributed by atoms with Crippen LogP contribution >= 0.6 is 0 Å². The fourth-order valence-corrected chi connectivity index (χ4v) is 3.88. The molecule has 0 spiro atoms. The summed E-state index contributed by atoms with van der Waals surface area (Å²) in [6, 6.07) is 11.3. The van der Waals surface area contributed by atoms with Crippen molar-refractivity contribution in [2.24, 2.45) is 0 Å². The smallest absolute Gasteiger partial charge is 0.246 e. The van der Waals surface area contributed by atoms with Crippen LogP contribution in [0.1, 0.15) is 63.4 Å². The molecule has 0 aromatic heterocycles. The average molecular weight is 344 g/mol. The Labute approximate surface area is 151 Å². The Morgan fingerprint density at radius 1 is 0.920 bits per heavy atom. The van der Waals surface area contributed by atoms with Crippen molar-refractivity contribution < 1.29 is 9.53 Å². The van der Waals surface area contributed by atoms with E-state index in [1.54, 1.807) is 0 Å². The van der Waals surface area contributed by atoms with E-state index >= 15 is 0 Å². The maximum atomic E-state index is 12.1. The van der Waals surface area contributed by atoms with Gasteiger partial charge in [-0.15, -0.1) is 0 Å². The zero-order valence-electron chi connectivity index (χ0n) is 15.2. The lowest BCUT2D eigenvalue weighted by Crippen LogP contribution is -2.59. The van der Waals surface area contributed by atoms with Crippen molar-refractivity contribution >= 4 is 5.91 Å². The maximum Gasteiger partial charge on any atom is 0.246 e. The lowest BCUT2D eigenvalue weighted by atomic mass is 9.84. The molecule has 0 aliphatic heterocycles. The molecule has 2 aliphatic carbocycles. The van der Waals surface area contributed by atoms with Crippen LogP contribution in [0, 0.1) is 0 Å². The Kier molecular flexibility index (Phi) is 7.31. The van der Waals surface area contributed by atoms with Gasteiger partial charge in [0.2, 0.25) is 5.91 Å². The van der Waals surface area contributed by atoms with E-state index in [0.717, 1.165) is 12.0 Å². The van der Waals surface area contributed by atoms with Crippen molar-refractivity contribution in [1.82, 2.24) is 10.6 Å². The number of amides is 1. The predicted octanol–water partition coefficient (Wildman–Crippen LogP) is 3.55. The molecule has 0 unspecified atom stereocenters. The quantitative estimate of drug-likeness (QED) is 0.795. The van der Waals surface area contributed by atoms with E-state index in [0.29, 0.717) is 18.7 Å². The van der Waals surface area contributed by atoms with Crippen molar-refractivity contribution in [3.63, 3.8) is 0 Å². The van der Waals surface area contributed by atoms with E-state index in [2.05, 4.69) is 10.6 Å². The van der Waals surface area contributed by atoms with Gasteiger partial charge in [0.25, 0.3) is 0 Å². The van der Waals surface area contributed by atoms with Crippen molar-refractivity contribution in [1.29, 1.82) is 0 Å². The summed E-state index contributed by atoms with van der Waals surface area (Å²) < 4.78 is 5.53. The highest BCUT2D eigenvalue weighted by atomic mass is 16.5. The SMILES string of the molecule is O=C(COCc1ccccc1)N[C@@H]1CC[C@@H]1NC1CCCCCCC1. The van der Waals surface area contributed by atoms with Gasteiger partial charge < -0.3 is 15.4 Å². The van der Waals surface area contributed by atoms with Crippen LogP contribution in [0.25, 0.3) is 0 Å². The second-order valence-electron chi connectivity index (χ2n) is 7.54. The number of rotatable bonds is 7. The Morgan fingerprint density at radius 3 is 2.28 bits per heavy atom. The van der Waals surface area contributed by atoms with Gasteiger partial charge in [0.15, 0.2) is 0 Å². The molecule has 2 fully saturated rings. The minimum absolute atomic E-state index is 0.00472. The number of ether oxygens (including phenoxy) is 1. The van der Waals surface area contributed by atoms with Crippen LogP contribution in [0.2, 0.25) is 0 Å². The molecule has 0 radical (unpaired) electrons. The number of hydrogen-bond acceptors (Lipinski definition) is 3. The number of benzene rings is 1. The first-order valence-electron chi connectivity index (χ1n) is 9.98. The monoisotopic (exact) mass is 344 g/mol. The summed E-state index contributed by atoms with van der Waals surface area (Å²) in [7, 11) is 0. The fourth-order valence-electron chi connectivity index (χ4n) is 3.88. The Balaban J connectivity index is 1.33. The van der Waals surface area contributed by atoms with Crippen molar-refractivity contribution in [3.8, 4) is 0 Å². The maximum absolute atomic E-state index is 12.1. The molecular formula is C21H32N2O2. The van der Waals surface area contributed by atoms with Crippen molar-refractivity contribution in [3.05, 3.63) is 35.9 Å². The molecule has 3 rings (SSSR count). The van der Waals surface area contributed by atoms with E-state index < -0.39 is 0 Å². The van der Waals surface area contributed by atoms with Gasteiger partial charge in [0.05, 0.1) is 6.61 Å². The lowest BCUT2D eigenvalue weighted by molar-refractivity contribution is -0.127. The normalized spacial score (nSPS) is 24.8. The molecule has 4 heteroatoms. The van der Waals surface area contributed by atoms with Crippen LogP contribution in [-0.4, -0.2) is 30.6 Å². The molecular weight excluding hydrogens is 312 g/mol. The summed E-state index contributed by atoms with van der Waals surface area (Å²) >= 11 is 0. The Hall–Kier alpha value is -1.39. The number of nitrogens with one attached hydrogen (secondary N) is 2. The van der Waals surface area contributed by atoms with E-state index in [1.165, 1.54) is 51.4 Å². The Bertz CT molecular complexity index is 512. The van der Waals surface area contributed by atoms with Crippen LogP contribution in [-0.2, 0) is 16.1 Å². The molecule has 4 nitrogen and oxygen atoms in total. The molecule has 0 saturated heterocycles. The zero-order chi connectivity index (χ0) is 17.3. The predicted molar refractivity (Wildman–Crippen MR) is 100 cm³/mol. The van der Waals surface area contributed by atoms with Gasteiger partial charge >= 0.3 is 0 Å². The first kappa shape index (κ1) is 18.4. The number of carbonyl (C=O) groups is 1. The van der Waals surface area contributed by atoms with Crippen molar-refractivity contribution in [2.75, 3.05) is 6.61 Å². The van der Waals surface area contributed by atoms with Gasteiger partial charge in [-0.3, -0.25) is 4.79 Å². The molecule has 1 amide bonds. The molecule has 1 aromatic carbocycles. The fraction of sp³-hybridized carbons (Fsp3) is 0.667. The Morgan fingerprint density at radius 2 is 1.60 bits per heavy atom. The number of hydrogen-bond donors (Lipinski definition) is 2. The third-order valence-corrected chi connectivity index (χ3v) is 5.52. The molecule has 1 aromatic rings. The minimum Gasteiger partial charge on any atom is -0.367 e. The third kappa shape index (κ3) is 6.12. The largest absolute Gasteiger partial charge is 0.367 e. The minimum atomic E-state index is 0.00472. The van der Waals surface area contributed by atoms with E-state index in [9.17, 15) is 4.79 Å². The van der Waals surface area contributed by atoms with Gasteiger partial charge in [-0.05, 0) is 31.2 Å². The summed E-state index contributed by atoms with van der Waals surface area (Å²) in [5.41, 5.74) is 1.10. The first-order valence-corrected chi connectivity index (χ1v) is 9.98. The molecule has 2 saturated carbocycles. The number of carbonyl (C=O) groups excluding carboxylic acids is 1. The van der Waals surface area contributed by atoms with E-state index in [4.69, 9.17) is 4.74 Å². The van der Waals surface area contributed by atoms with Gasteiger partial charge in [-0.2, -0.15) is 0 Å². The second kappa shape index (κ2) is 9.93. The standard InChI is InChI=1S/C21H32N2O2/c24-21(16-25-15-17-9-5-4-6-10-17)23-20-14-13-19(20)22-18-11-7-2-1-3-8-12-18/h4-6,9-10,18-20,22H,1-3,7-8,11-16H2,(H,23,24)/t19-,20+/m0/s1. The lowest BCUT2D eigenvalue weighted by Gasteiger charge is -2.40. The molecule has 2 aliphatic rings. The summed E-state index contributed by atoms with van der Waals surface area (Å²) in [4.78, 5) is 12.1. The van der Waals surface area contributed by atoms with Gasteiger partial charge in [0, 0.05) is 18.1 Å². The summed E-state index contributed by atoms with van der Waals surface area (Å²) in [6.07, 6.45) is 11.7. The molecule has 2 N–H and O–H groups in total. The van der Waals surface area contributed by atoms with Crippen LogP contribution in [0.4, 0.5) is 0 Å². The summed E-state index contributed by atoms with van der Waals surface area (Å²) in [6.45, 7) is 0.629. The van der Waals surface area contributed by atoms with Crippen molar-refractivity contribution in [2.45, 2.75) is 82.5 Å². The van der Waals surface area contributed by atoms with Gasteiger partial charge in [-0.25, -0.2) is 0 Å². The van der Waals surface area contributed by atoms with Gasteiger partial charge in [0.1, 0.15) is 6.61 Å². The van der Waals surface area contributed by atoms with E-state index in [-0.39, 0.29) is 18.6 Å². The topological polar surface area (TPSA) is 50.4 Å². The molecule has 2 atom stereocenters. The first-order chi connectivity index (χ1) is 12.3. The molecule has 0 bridgehead atoms. The molecule has 138 valence electrons. The van der Waals surface area contributed by atoms with Gasteiger partial charge in [-0.1, -0.05) is 62.4 Å². The summed E-state index contributed by atoms with van der Waals surface area (Å²) in [5, 5.41) is 6.95. The second-order valence-corrected chi connectivity index (χ2v) is 7.54. The van der Waals surface area contributed by atoms with Crippen LogP contribution in [0.3, 0.4) is 0 Å². The highest BCUT2D eigenvalue weighted by Gasteiger charge is 2.33. The summed E-state index contributed by atoms with van der Waals surface area (Å²) in [5.74, 6) is 0.00472. The molecule has 25 heavy (non-hydrogen) atoms. The van der Waals surface area contributed by atoms with E-state index in [1.807, 2.05) is 30.3 Å². The highest BCUT2D eigenvalue weighted by Crippen LogP contribution is 2.24. The van der Waals surface area contributed by atoms with Crippen LogP contribution in [0.15, 0.2) is 30.3 Å². The molecule has 0 heterocycles. The van der Waals surface area contributed by atoms with Crippen LogP contribution < -0.4 is 10.6 Å². The third-order valence-electron chi connectivity index (χ3n) is 5.52. The highest BCUT2D eigenvalue weighted by molar-refractivity contribution is 5.77. The van der Waals surface area contributed by atoms with Crippen LogP contribution in [0.5, 0.6) is 0 Å².